The van der Waals surface area contributed by atoms with E-state index >= 15 is 0 Å². The summed E-state index contributed by atoms with van der Waals surface area (Å²) in [5.41, 5.74) is 2.60. The van der Waals surface area contributed by atoms with Crippen LogP contribution in [0.4, 0.5) is 0 Å². The van der Waals surface area contributed by atoms with Crippen LogP contribution >= 0.6 is 23.2 Å². The first-order valence-electron chi connectivity index (χ1n) is 7.79. The number of nitrogens with zero attached hydrogens (tertiary/aromatic N) is 1. The van der Waals surface area contributed by atoms with E-state index in [9.17, 15) is 10.1 Å². The van der Waals surface area contributed by atoms with Gasteiger partial charge in [0.2, 0.25) is 0 Å². The lowest BCUT2D eigenvalue weighted by Crippen LogP contribution is -2.12. The number of pyridine rings is 1. The molecule has 0 aliphatic carbocycles. The molecule has 0 bridgehead atoms. The monoisotopic (exact) mass is 384 g/mol. The number of aromatic amines is 1. The fraction of sp³-hybridized carbons (Fsp3) is 0.100. The second-order valence-electron chi connectivity index (χ2n) is 5.73. The molecule has 1 heterocycles. The zero-order valence-corrected chi connectivity index (χ0v) is 15.4. The summed E-state index contributed by atoms with van der Waals surface area (Å²) in [4.78, 5) is 14.6. The number of H-pyrrole nitrogens is 1. The number of aromatic nitrogens is 1. The Kier molecular flexibility index (Phi) is 5.32. The van der Waals surface area contributed by atoms with Gasteiger partial charge in [-0.05, 0) is 42.8 Å². The Bertz CT molecular complexity index is 1050. The van der Waals surface area contributed by atoms with Crippen molar-refractivity contribution in [2.75, 3.05) is 0 Å². The molecule has 0 atom stereocenters. The quantitative estimate of drug-likeness (QED) is 0.679. The maximum atomic E-state index is 11.9. The van der Waals surface area contributed by atoms with Gasteiger partial charge in [0.05, 0.1) is 0 Å². The number of ether oxygens (including phenoxy) is 1. The molecule has 3 aromatic rings. The number of hydrogen-bond acceptors (Lipinski definition) is 3. The van der Waals surface area contributed by atoms with E-state index in [1.165, 1.54) is 0 Å². The molecule has 0 saturated heterocycles. The minimum Gasteiger partial charge on any atom is -0.489 e. The highest BCUT2D eigenvalue weighted by molar-refractivity contribution is 6.35. The van der Waals surface area contributed by atoms with E-state index in [1.54, 1.807) is 37.3 Å². The zero-order valence-electron chi connectivity index (χ0n) is 13.8. The smallest absolute Gasteiger partial charge is 0.266 e. The Labute approximate surface area is 160 Å². The van der Waals surface area contributed by atoms with Crippen molar-refractivity contribution >= 4 is 23.2 Å². The molecule has 0 amide bonds. The predicted molar refractivity (Wildman–Crippen MR) is 103 cm³/mol. The van der Waals surface area contributed by atoms with Crippen LogP contribution in [-0.4, -0.2) is 4.98 Å². The second kappa shape index (κ2) is 7.65. The van der Waals surface area contributed by atoms with E-state index in [0.29, 0.717) is 33.7 Å². The number of nitriles is 1. The molecular weight excluding hydrogens is 371 g/mol. The molecule has 0 aliphatic rings. The lowest BCUT2D eigenvalue weighted by atomic mass is 10.0. The van der Waals surface area contributed by atoms with Crippen LogP contribution in [0, 0.1) is 18.3 Å². The summed E-state index contributed by atoms with van der Waals surface area (Å²) < 4.78 is 5.75. The molecule has 26 heavy (non-hydrogen) atoms. The Morgan fingerprint density at radius 2 is 1.85 bits per heavy atom. The SMILES string of the molecule is Cc1cc(-c2ccc(OCc3ccc(Cl)cc3Cl)cc2)c(C#N)c(=O)[nH]1. The molecule has 1 aromatic heterocycles. The maximum absolute atomic E-state index is 11.9. The fourth-order valence-electron chi connectivity index (χ4n) is 2.56. The molecule has 4 nitrogen and oxygen atoms in total. The lowest BCUT2D eigenvalue weighted by Gasteiger charge is -2.10. The molecule has 0 spiro atoms. The molecule has 6 heteroatoms. The number of hydrogen-bond donors (Lipinski definition) is 1. The summed E-state index contributed by atoms with van der Waals surface area (Å²) >= 11 is 12.0. The van der Waals surface area contributed by atoms with Crippen LogP contribution in [0.15, 0.2) is 53.3 Å². The van der Waals surface area contributed by atoms with Crippen LogP contribution in [0.3, 0.4) is 0 Å². The average Bonchev–Trinajstić information content (AvgIpc) is 2.61. The molecular formula is C20H14Cl2N2O2. The number of rotatable bonds is 4. The van der Waals surface area contributed by atoms with Crippen molar-refractivity contribution in [3.63, 3.8) is 0 Å². The third-order valence-electron chi connectivity index (χ3n) is 3.85. The van der Waals surface area contributed by atoms with Crippen molar-refractivity contribution in [2.45, 2.75) is 13.5 Å². The summed E-state index contributed by atoms with van der Waals surface area (Å²) in [7, 11) is 0. The first-order chi connectivity index (χ1) is 12.5. The van der Waals surface area contributed by atoms with Crippen molar-refractivity contribution in [2.24, 2.45) is 0 Å². The number of halogens is 2. The second-order valence-corrected chi connectivity index (χ2v) is 6.57. The van der Waals surface area contributed by atoms with Gasteiger partial charge in [-0.3, -0.25) is 4.79 Å². The van der Waals surface area contributed by atoms with E-state index in [4.69, 9.17) is 27.9 Å². The topological polar surface area (TPSA) is 65.9 Å². The van der Waals surface area contributed by atoms with E-state index in [0.717, 1.165) is 11.1 Å². The van der Waals surface area contributed by atoms with Gasteiger partial charge in [-0.1, -0.05) is 41.4 Å². The Morgan fingerprint density at radius 3 is 2.50 bits per heavy atom. The third kappa shape index (κ3) is 3.91. The Balaban J connectivity index is 1.81. The van der Waals surface area contributed by atoms with Gasteiger partial charge >= 0.3 is 0 Å². The summed E-state index contributed by atoms with van der Waals surface area (Å²) in [5, 5.41) is 10.4. The van der Waals surface area contributed by atoms with Gasteiger partial charge in [-0.25, -0.2) is 0 Å². The molecule has 2 aromatic carbocycles. The maximum Gasteiger partial charge on any atom is 0.266 e. The van der Waals surface area contributed by atoms with Crippen LogP contribution in [0.2, 0.25) is 10.0 Å². The van der Waals surface area contributed by atoms with Gasteiger partial charge < -0.3 is 9.72 Å². The van der Waals surface area contributed by atoms with Gasteiger partial charge in [0.25, 0.3) is 5.56 Å². The van der Waals surface area contributed by atoms with E-state index in [2.05, 4.69) is 4.98 Å². The van der Waals surface area contributed by atoms with Crippen molar-refractivity contribution in [1.82, 2.24) is 4.98 Å². The van der Waals surface area contributed by atoms with Crippen LogP contribution < -0.4 is 10.3 Å². The molecule has 0 radical (unpaired) electrons. The molecule has 0 saturated carbocycles. The van der Waals surface area contributed by atoms with Gasteiger partial charge in [-0.2, -0.15) is 5.26 Å². The normalized spacial score (nSPS) is 10.4. The highest BCUT2D eigenvalue weighted by Crippen LogP contribution is 2.26. The fourth-order valence-corrected chi connectivity index (χ4v) is 3.02. The van der Waals surface area contributed by atoms with Crippen LogP contribution in [0.1, 0.15) is 16.8 Å². The Hall–Kier alpha value is -2.74. The highest BCUT2D eigenvalue weighted by atomic mass is 35.5. The van der Waals surface area contributed by atoms with Crippen molar-refractivity contribution < 1.29 is 4.74 Å². The largest absolute Gasteiger partial charge is 0.489 e. The standard InChI is InChI=1S/C20H14Cl2N2O2/c1-12-8-17(18(10-23)20(25)24-12)13-3-6-16(7-4-13)26-11-14-2-5-15(21)9-19(14)22/h2-9H,11H2,1H3,(H,24,25). The van der Waals surface area contributed by atoms with Crippen LogP contribution in [0.25, 0.3) is 11.1 Å². The molecule has 0 aliphatic heterocycles. The van der Waals surface area contributed by atoms with Crippen LogP contribution in [0.5, 0.6) is 5.75 Å². The number of benzene rings is 2. The molecule has 0 fully saturated rings. The van der Waals surface area contributed by atoms with Crippen molar-refractivity contribution in [3.8, 4) is 22.9 Å². The van der Waals surface area contributed by atoms with Crippen molar-refractivity contribution in [3.05, 3.63) is 85.8 Å². The molecule has 3 rings (SSSR count). The van der Waals surface area contributed by atoms with Gasteiger partial charge in [0, 0.05) is 26.9 Å². The number of aryl methyl sites for hydroxylation is 1. The van der Waals surface area contributed by atoms with Crippen LogP contribution in [-0.2, 0) is 6.61 Å². The summed E-state index contributed by atoms with van der Waals surface area (Å²) in [5.74, 6) is 0.653. The predicted octanol–water partition coefficient (Wildman–Crippen LogP) is 5.11. The van der Waals surface area contributed by atoms with Gasteiger partial charge in [0.1, 0.15) is 24.0 Å². The summed E-state index contributed by atoms with van der Waals surface area (Å²) in [6.07, 6.45) is 0. The average molecular weight is 385 g/mol. The van der Waals surface area contributed by atoms with E-state index < -0.39 is 0 Å². The molecule has 0 unspecified atom stereocenters. The minimum atomic E-state index is -0.389. The van der Waals surface area contributed by atoms with E-state index in [1.807, 2.05) is 24.3 Å². The summed E-state index contributed by atoms with van der Waals surface area (Å²) in [6.45, 7) is 2.09. The van der Waals surface area contributed by atoms with E-state index in [-0.39, 0.29) is 11.1 Å². The Morgan fingerprint density at radius 1 is 1.12 bits per heavy atom. The first-order valence-corrected chi connectivity index (χ1v) is 8.54. The highest BCUT2D eigenvalue weighted by Gasteiger charge is 2.10. The van der Waals surface area contributed by atoms with Gasteiger partial charge in [-0.15, -0.1) is 0 Å². The van der Waals surface area contributed by atoms with Crippen molar-refractivity contribution in [1.29, 1.82) is 5.26 Å². The lowest BCUT2D eigenvalue weighted by molar-refractivity contribution is 0.306. The third-order valence-corrected chi connectivity index (χ3v) is 4.44. The summed E-state index contributed by atoms with van der Waals surface area (Å²) in [6, 6.07) is 16.2. The van der Waals surface area contributed by atoms with Gasteiger partial charge in [0.15, 0.2) is 0 Å². The minimum absolute atomic E-state index is 0.0946. The number of nitrogens with one attached hydrogen (secondary N) is 1. The first kappa shape index (κ1) is 18.1. The zero-order chi connectivity index (χ0) is 18.7. The molecule has 130 valence electrons. The molecule has 1 N–H and O–H groups in total.